The smallest absolute Gasteiger partial charge is 0.0586 e. The highest BCUT2D eigenvalue weighted by molar-refractivity contribution is 4.81. The van der Waals surface area contributed by atoms with Gasteiger partial charge in [-0.05, 0) is 25.7 Å². The van der Waals surface area contributed by atoms with E-state index in [-0.39, 0.29) is 0 Å². The van der Waals surface area contributed by atoms with Crippen LogP contribution >= 0.6 is 0 Å². The summed E-state index contributed by atoms with van der Waals surface area (Å²) in [5.74, 6) is 0. The Kier molecular flexibility index (Phi) is 4.33. The Morgan fingerprint density at radius 3 is 3.08 bits per heavy atom. The van der Waals surface area contributed by atoms with Crippen LogP contribution in [0.2, 0.25) is 0 Å². The highest BCUT2D eigenvalue weighted by Gasteiger charge is 2.20. The molecular formula is C10H19NO. The molecule has 0 aromatic carbocycles. The van der Waals surface area contributed by atoms with E-state index in [1.165, 1.54) is 19.3 Å². The largest absolute Gasteiger partial charge is 0.381 e. The van der Waals surface area contributed by atoms with Crippen molar-refractivity contribution in [3.63, 3.8) is 0 Å². The third-order valence-corrected chi connectivity index (χ3v) is 2.51. The van der Waals surface area contributed by atoms with Gasteiger partial charge in [0.1, 0.15) is 0 Å². The molecule has 2 nitrogen and oxygen atoms in total. The molecule has 70 valence electrons. The average Bonchev–Trinajstić information content (AvgIpc) is 2.15. The van der Waals surface area contributed by atoms with Crippen molar-refractivity contribution in [1.29, 1.82) is 0 Å². The van der Waals surface area contributed by atoms with Crippen LogP contribution in [0, 0.1) is 0 Å². The zero-order valence-corrected chi connectivity index (χ0v) is 7.88. The lowest BCUT2D eigenvalue weighted by molar-refractivity contribution is 0.0595. The molecule has 0 bridgehead atoms. The number of ether oxygens (including phenoxy) is 1. The lowest BCUT2D eigenvalue weighted by atomic mass is 9.93. The van der Waals surface area contributed by atoms with Crippen molar-refractivity contribution in [2.24, 2.45) is 0 Å². The summed E-state index contributed by atoms with van der Waals surface area (Å²) in [5.41, 5.74) is 0. The fraction of sp³-hybridized carbons (Fsp3) is 0.800. The van der Waals surface area contributed by atoms with E-state index in [1.807, 2.05) is 6.08 Å². The first kappa shape index (κ1) is 9.75. The van der Waals surface area contributed by atoms with Crippen molar-refractivity contribution >= 4 is 0 Å². The number of rotatable bonds is 4. The van der Waals surface area contributed by atoms with Gasteiger partial charge in [-0.2, -0.15) is 0 Å². The fourth-order valence-corrected chi connectivity index (χ4v) is 1.79. The molecule has 2 heteroatoms. The predicted molar refractivity (Wildman–Crippen MR) is 51.3 cm³/mol. The Morgan fingerprint density at radius 1 is 1.58 bits per heavy atom. The van der Waals surface area contributed by atoms with Gasteiger partial charge in [-0.15, -0.1) is 6.58 Å². The third kappa shape index (κ3) is 2.95. The van der Waals surface area contributed by atoms with Gasteiger partial charge in [0.05, 0.1) is 6.10 Å². The van der Waals surface area contributed by atoms with Crippen LogP contribution in [0.5, 0.6) is 0 Å². The van der Waals surface area contributed by atoms with Gasteiger partial charge in [-0.3, -0.25) is 0 Å². The maximum Gasteiger partial charge on any atom is 0.0586 e. The van der Waals surface area contributed by atoms with Crippen LogP contribution in [0.4, 0.5) is 0 Å². The van der Waals surface area contributed by atoms with Crippen molar-refractivity contribution in [3.8, 4) is 0 Å². The zero-order chi connectivity index (χ0) is 8.81. The molecule has 1 aliphatic carbocycles. The Labute approximate surface area is 75.0 Å². The Balaban J connectivity index is 2.20. The molecule has 1 aliphatic rings. The minimum Gasteiger partial charge on any atom is -0.381 e. The Hall–Kier alpha value is -0.340. The molecule has 1 saturated carbocycles. The quantitative estimate of drug-likeness (QED) is 0.647. The van der Waals surface area contributed by atoms with E-state index in [0.717, 1.165) is 13.0 Å². The van der Waals surface area contributed by atoms with Crippen LogP contribution in [0.3, 0.4) is 0 Å². The van der Waals surface area contributed by atoms with Crippen LogP contribution in [0.25, 0.3) is 0 Å². The number of nitrogens with one attached hydrogen (secondary N) is 1. The van der Waals surface area contributed by atoms with Crippen LogP contribution in [0.15, 0.2) is 12.7 Å². The van der Waals surface area contributed by atoms with Crippen molar-refractivity contribution in [2.75, 3.05) is 13.7 Å². The molecule has 2 unspecified atom stereocenters. The molecule has 1 N–H and O–H groups in total. The van der Waals surface area contributed by atoms with Gasteiger partial charge in [0.15, 0.2) is 0 Å². The summed E-state index contributed by atoms with van der Waals surface area (Å²) >= 11 is 0. The molecule has 0 spiro atoms. The number of methoxy groups -OCH3 is 1. The minimum atomic E-state index is 0.473. The first-order valence-corrected chi connectivity index (χ1v) is 4.74. The highest BCUT2D eigenvalue weighted by Crippen LogP contribution is 2.20. The highest BCUT2D eigenvalue weighted by atomic mass is 16.5. The predicted octanol–water partition coefficient (Wildman–Crippen LogP) is 1.72. The molecule has 0 heterocycles. The minimum absolute atomic E-state index is 0.473. The Morgan fingerprint density at radius 2 is 2.42 bits per heavy atom. The van der Waals surface area contributed by atoms with Gasteiger partial charge < -0.3 is 10.1 Å². The SMILES string of the molecule is C=CCNC1CCCC(OC)C1. The standard InChI is InChI=1S/C10H19NO/c1-3-7-11-9-5-4-6-10(8-9)12-2/h3,9-11H,1,4-8H2,2H3. The van der Waals surface area contributed by atoms with Gasteiger partial charge in [0, 0.05) is 19.7 Å². The van der Waals surface area contributed by atoms with Crippen LogP contribution < -0.4 is 5.32 Å². The molecule has 12 heavy (non-hydrogen) atoms. The molecule has 0 aliphatic heterocycles. The summed E-state index contributed by atoms with van der Waals surface area (Å²) in [7, 11) is 1.81. The molecule has 0 aromatic rings. The van der Waals surface area contributed by atoms with Crippen LogP contribution in [0.1, 0.15) is 25.7 Å². The van der Waals surface area contributed by atoms with E-state index in [9.17, 15) is 0 Å². The molecule has 1 rings (SSSR count). The summed E-state index contributed by atoms with van der Waals surface area (Å²) in [4.78, 5) is 0. The van der Waals surface area contributed by atoms with E-state index in [2.05, 4.69) is 11.9 Å². The first-order valence-electron chi connectivity index (χ1n) is 4.74. The van der Waals surface area contributed by atoms with Crippen molar-refractivity contribution < 1.29 is 4.74 Å². The lowest BCUT2D eigenvalue weighted by Gasteiger charge is -2.28. The van der Waals surface area contributed by atoms with Crippen molar-refractivity contribution in [2.45, 2.75) is 37.8 Å². The Bertz CT molecular complexity index is 136. The second-order valence-electron chi connectivity index (χ2n) is 3.42. The zero-order valence-electron chi connectivity index (χ0n) is 7.88. The maximum atomic E-state index is 5.34. The van der Waals surface area contributed by atoms with Crippen LogP contribution in [-0.2, 0) is 4.74 Å². The molecule has 0 amide bonds. The van der Waals surface area contributed by atoms with Gasteiger partial charge >= 0.3 is 0 Å². The summed E-state index contributed by atoms with van der Waals surface area (Å²) in [6.45, 7) is 4.61. The summed E-state index contributed by atoms with van der Waals surface area (Å²) in [6.07, 6.45) is 7.34. The topological polar surface area (TPSA) is 21.3 Å². The fourth-order valence-electron chi connectivity index (χ4n) is 1.79. The van der Waals surface area contributed by atoms with E-state index in [0.29, 0.717) is 12.1 Å². The third-order valence-electron chi connectivity index (χ3n) is 2.51. The van der Waals surface area contributed by atoms with E-state index < -0.39 is 0 Å². The van der Waals surface area contributed by atoms with Gasteiger partial charge in [-0.25, -0.2) is 0 Å². The first-order chi connectivity index (χ1) is 5.86. The summed E-state index contributed by atoms with van der Waals surface area (Å²) in [5, 5.41) is 3.44. The van der Waals surface area contributed by atoms with Gasteiger partial charge in [0.25, 0.3) is 0 Å². The molecule has 0 aromatic heterocycles. The molecule has 1 fully saturated rings. The molecule has 0 radical (unpaired) electrons. The second-order valence-corrected chi connectivity index (χ2v) is 3.42. The van der Waals surface area contributed by atoms with Crippen molar-refractivity contribution in [3.05, 3.63) is 12.7 Å². The van der Waals surface area contributed by atoms with Crippen molar-refractivity contribution in [1.82, 2.24) is 5.32 Å². The summed E-state index contributed by atoms with van der Waals surface area (Å²) < 4.78 is 5.34. The lowest BCUT2D eigenvalue weighted by Crippen LogP contribution is -2.36. The molecule has 2 atom stereocenters. The van der Waals surface area contributed by atoms with E-state index >= 15 is 0 Å². The molecular weight excluding hydrogens is 150 g/mol. The normalized spacial score (nSPS) is 30.1. The monoisotopic (exact) mass is 169 g/mol. The average molecular weight is 169 g/mol. The summed E-state index contributed by atoms with van der Waals surface area (Å²) in [6, 6.07) is 0.640. The number of hydrogen-bond acceptors (Lipinski definition) is 2. The molecule has 0 saturated heterocycles. The second kappa shape index (κ2) is 5.33. The van der Waals surface area contributed by atoms with E-state index in [4.69, 9.17) is 4.74 Å². The number of hydrogen-bond donors (Lipinski definition) is 1. The van der Waals surface area contributed by atoms with Gasteiger partial charge in [-0.1, -0.05) is 6.08 Å². The van der Waals surface area contributed by atoms with E-state index in [1.54, 1.807) is 7.11 Å². The van der Waals surface area contributed by atoms with Gasteiger partial charge in [0.2, 0.25) is 0 Å². The maximum absolute atomic E-state index is 5.34. The van der Waals surface area contributed by atoms with Crippen LogP contribution in [-0.4, -0.2) is 25.8 Å².